The zero-order chi connectivity index (χ0) is 8.81. The summed E-state index contributed by atoms with van der Waals surface area (Å²) in [7, 11) is 0. The van der Waals surface area contributed by atoms with Crippen LogP contribution in [0.25, 0.3) is 0 Å². The molecular formula is C11H23N. The summed E-state index contributed by atoms with van der Waals surface area (Å²) in [5.41, 5.74) is 5.59. The average Bonchev–Trinajstić information content (AvgIpc) is 2.16. The second-order valence-electron chi connectivity index (χ2n) is 4.42. The van der Waals surface area contributed by atoms with Gasteiger partial charge in [-0.1, -0.05) is 45.4 Å². The lowest BCUT2D eigenvalue weighted by atomic mass is 9.84. The number of hydrogen-bond donors (Lipinski definition) is 1. The van der Waals surface area contributed by atoms with Crippen molar-refractivity contribution in [1.82, 2.24) is 0 Å². The maximum absolute atomic E-state index is 5.59. The van der Waals surface area contributed by atoms with E-state index in [2.05, 4.69) is 6.92 Å². The molecule has 0 spiro atoms. The van der Waals surface area contributed by atoms with Crippen LogP contribution in [0.15, 0.2) is 0 Å². The molecule has 0 aliphatic heterocycles. The quantitative estimate of drug-likeness (QED) is 0.688. The van der Waals surface area contributed by atoms with E-state index in [1.54, 1.807) is 0 Å². The Labute approximate surface area is 76.7 Å². The first-order valence-corrected chi connectivity index (χ1v) is 5.53. The fraction of sp³-hybridized carbons (Fsp3) is 1.00. The normalized spacial score (nSPS) is 22.5. The Kier molecular flexibility index (Phi) is 4.67. The predicted molar refractivity (Wildman–Crippen MR) is 54.0 cm³/mol. The van der Waals surface area contributed by atoms with E-state index >= 15 is 0 Å². The van der Waals surface area contributed by atoms with Crippen LogP contribution in [0, 0.1) is 11.8 Å². The van der Waals surface area contributed by atoms with Crippen molar-refractivity contribution in [2.24, 2.45) is 17.6 Å². The maximum atomic E-state index is 5.59. The van der Waals surface area contributed by atoms with E-state index in [0.717, 1.165) is 18.4 Å². The molecule has 0 unspecified atom stereocenters. The highest BCUT2D eigenvalue weighted by Crippen LogP contribution is 2.28. The molecule has 12 heavy (non-hydrogen) atoms. The van der Waals surface area contributed by atoms with Crippen LogP contribution in [0.5, 0.6) is 0 Å². The molecule has 0 heterocycles. The molecule has 1 nitrogen and oxygen atoms in total. The van der Waals surface area contributed by atoms with E-state index < -0.39 is 0 Å². The first-order chi connectivity index (χ1) is 5.83. The molecule has 0 bridgehead atoms. The Morgan fingerprint density at radius 2 is 1.92 bits per heavy atom. The third-order valence-corrected chi connectivity index (χ3v) is 3.19. The Morgan fingerprint density at radius 1 is 1.25 bits per heavy atom. The third kappa shape index (κ3) is 3.57. The molecule has 0 aromatic heterocycles. The molecule has 1 saturated carbocycles. The second kappa shape index (κ2) is 5.58. The number of nitrogens with two attached hydrogens (primary N) is 1. The SMILES string of the molecule is C[C@H](CN)CCC1CCCCC1. The van der Waals surface area contributed by atoms with E-state index in [1.165, 1.54) is 44.9 Å². The molecule has 0 aromatic carbocycles. The van der Waals surface area contributed by atoms with Gasteiger partial charge in [0.2, 0.25) is 0 Å². The van der Waals surface area contributed by atoms with Gasteiger partial charge < -0.3 is 5.73 Å². The topological polar surface area (TPSA) is 26.0 Å². The zero-order valence-corrected chi connectivity index (χ0v) is 8.39. The van der Waals surface area contributed by atoms with Crippen molar-refractivity contribution in [3.05, 3.63) is 0 Å². The Morgan fingerprint density at radius 3 is 2.50 bits per heavy atom. The first-order valence-electron chi connectivity index (χ1n) is 5.53. The minimum atomic E-state index is 0.743. The van der Waals surface area contributed by atoms with E-state index in [1.807, 2.05) is 0 Å². The van der Waals surface area contributed by atoms with Crippen LogP contribution in [-0.4, -0.2) is 6.54 Å². The van der Waals surface area contributed by atoms with E-state index in [9.17, 15) is 0 Å². The molecule has 1 rings (SSSR count). The minimum absolute atomic E-state index is 0.743. The molecule has 1 aliphatic carbocycles. The van der Waals surface area contributed by atoms with Crippen molar-refractivity contribution in [2.75, 3.05) is 6.54 Å². The van der Waals surface area contributed by atoms with Crippen LogP contribution in [0.2, 0.25) is 0 Å². The van der Waals surface area contributed by atoms with Gasteiger partial charge in [-0.05, 0) is 24.8 Å². The molecule has 0 saturated heterocycles. The van der Waals surface area contributed by atoms with E-state index in [-0.39, 0.29) is 0 Å². The summed E-state index contributed by atoms with van der Waals surface area (Å²) in [6.45, 7) is 3.13. The first kappa shape index (κ1) is 10.0. The lowest BCUT2D eigenvalue weighted by molar-refractivity contribution is 0.314. The van der Waals surface area contributed by atoms with Gasteiger partial charge in [-0.25, -0.2) is 0 Å². The van der Waals surface area contributed by atoms with Crippen LogP contribution < -0.4 is 5.73 Å². The van der Waals surface area contributed by atoms with Crippen LogP contribution in [-0.2, 0) is 0 Å². The van der Waals surface area contributed by atoms with Crippen LogP contribution in [0.3, 0.4) is 0 Å². The smallest absolute Gasteiger partial charge is 0.00515 e. The predicted octanol–water partition coefficient (Wildman–Crippen LogP) is 2.94. The summed E-state index contributed by atoms with van der Waals surface area (Å²) in [6.07, 6.45) is 10.2. The Balaban J connectivity index is 2.05. The standard InChI is InChI=1S/C11H23N/c1-10(9-12)7-8-11-5-3-2-4-6-11/h10-11H,2-9,12H2,1H3/t10-/m0/s1. The summed E-state index contributed by atoms with van der Waals surface area (Å²) >= 11 is 0. The van der Waals surface area contributed by atoms with Crippen molar-refractivity contribution < 1.29 is 0 Å². The molecule has 72 valence electrons. The number of rotatable bonds is 4. The molecule has 0 aromatic rings. The monoisotopic (exact) mass is 169 g/mol. The van der Waals surface area contributed by atoms with Gasteiger partial charge in [0.25, 0.3) is 0 Å². The Bertz CT molecular complexity index is 106. The second-order valence-corrected chi connectivity index (χ2v) is 4.42. The van der Waals surface area contributed by atoms with E-state index in [4.69, 9.17) is 5.73 Å². The maximum Gasteiger partial charge on any atom is -0.00515 e. The molecule has 1 atom stereocenters. The third-order valence-electron chi connectivity index (χ3n) is 3.19. The molecule has 1 aliphatic rings. The molecule has 2 N–H and O–H groups in total. The van der Waals surface area contributed by atoms with Gasteiger partial charge in [-0.2, -0.15) is 0 Å². The van der Waals surface area contributed by atoms with Crippen molar-refractivity contribution in [3.8, 4) is 0 Å². The van der Waals surface area contributed by atoms with Crippen LogP contribution >= 0.6 is 0 Å². The van der Waals surface area contributed by atoms with Gasteiger partial charge in [-0.3, -0.25) is 0 Å². The minimum Gasteiger partial charge on any atom is -0.330 e. The summed E-state index contributed by atoms with van der Waals surface area (Å²) < 4.78 is 0. The summed E-state index contributed by atoms with van der Waals surface area (Å²) in [6, 6.07) is 0. The van der Waals surface area contributed by atoms with Crippen molar-refractivity contribution >= 4 is 0 Å². The zero-order valence-electron chi connectivity index (χ0n) is 8.39. The molecular weight excluding hydrogens is 146 g/mol. The van der Waals surface area contributed by atoms with Crippen LogP contribution in [0.4, 0.5) is 0 Å². The summed E-state index contributed by atoms with van der Waals surface area (Å²) in [4.78, 5) is 0. The van der Waals surface area contributed by atoms with Crippen LogP contribution in [0.1, 0.15) is 51.9 Å². The van der Waals surface area contributed by atoms with Crippen molar-refractivity contribution in [1.29, 1.82) is 0 Å². The average molecular weight is 169 g/mol. The lowest BCUT2D eigenvalue weighted by Gasteiger charge is -2.22. The highest BCUT2D eigenvalue weighted by Gasteiger charge is 2.13. The highest BCUT2D eigenvalue weighted by molar-refractivity contribution is 4.67. The highest BCUT2D eigenvalue weighted by atomic mass is 14.5. The Hall–Kier alpha value is -0.0400. The molecule has 1 heteroatoms. The van der Waals surface area contributed by atoms with Gasteiger partial charge >= 0.3 is 0 Å². The molecule has 0 amide bonds. The van der Waals surface area contributed by atoms with Gasteiger partial charge in [0.1, 0.15) is 0 Å². The fourth-order valence-corrected chi connectivity index (χ4v) is 2.11. The fourth-order valence-electron chi connectivity index (χ4n) is 2.11. The molecule has 0 radical (unpaired) electrons. The largest absolute Gasteiger partial charge is 0.330 e. The van der Waals surface area contributed by atoms with Gasteiger partial charge in [0.15, 0.2) is 0 Å². The molecule has 1 fully saturated rings. The van der Waals surface area contributed by atoms with Gasteiger partial charge in [-0.15, -0.1) is 0 Å². The van der Waals surface area contributed by atoms with Gasteiger partial charge in [0.05, 0.1) is 0 Å². The van der Waals surface area contributed by atoms with E-state index in [0.29, 0.717) is 0 Å². The summed E-state index contributed by atoms with van der Waals surface area (Å²) in [5.74, 6) is 1.78. The van der Waals surface area contributed by atoms with Gasteiger partial charge in [0, 0.05) is 0 Å². The summed E-state index contributed by atoms with van der Waals surface area (Å²) in [5, 5.41) is 0. The van der Waals surface area contributed by atoms with Crippen molar-refractivity contribution in [2.45, 2.75) is 51.9 Å². The van der Waals surface area contributed by atoms with Crippen molar-refractivity contribution in [3.63, 3.8) is 0 Å². The lowest BCUT2D eigenvalue weighted by Crippen LogP contribution is -2.13. The number of hydrogen-bond acceptors (Lipinski definition) is 1.